The molecule has 110 valence electrons. The molecule has 6 nitrogen and oxygen atoms in total. The molecule has 1 rings (SSSR count). The van der Waals surface area contributed by atoms with Gasteiger partial charge in [-0.25, -0.2) is 4.79 Å². The molecule has 0 heterocycles. The lowest BCUT2D eigenvalue weighted by Gasteiger charge is -2.19. The zero-order valence-electron chi connectivity index (χ0n) is 10.8. The van der Waals surface area contributed by atoms with Crippen molar-refractivity contribution in [2.45, 2.75) is 24.7 Å². The minimum atomic E-state index is -1.65. The van der Waals surface area contributed by atoms with Gasteiger partial charge in [-0.05, 0) is 11.6 Å². The van der Waals surface area contributed by atoms with Crippen LogP contribution in [-0.4, -0.2) is 56.4 Å². The topological polar surface area (TPSA) is 118 Å². The number of aliphatic hydroxyl groups excluding tert-OH is 4. The van der Waals surface area contributed by atoms with Crippen molar-refractivity contribution in [1.29, 1.82) is 0 Å². The van der Waals surface area contributed by atoms with Crippen molar-refractivity contribution in [1.82, 2.24) is 0 Å². The third-order valence-corrected chi connectivity index (χ3v) is 2.82. The zero-order chi connectivity index (χ0) is 15.1. The molecule has 1 aromatic carbocycles. The van der Waals surface area contributed by atoms with Crippen LogP contribution in [0.1, 0.15) is 5.56 Å². The van der Waals surface area contributed by atoms with Gasteiger partial charge in [0.25, 0.3) is 0 Å². The van der Waals surface area contributed by atoms with Crippen LogP contribution >= 0.6 is 0 Å². The van der Waals surface area contributed by atoms with Crippen LogP contribution in [0.5, 0.6) is 0 Å². The van der Waals surface area contributed by atoms with Crippen molar-refractivity contribution in [2.24, 2.45) is 0 Å². The summed E-state index contributed by atoms with van der Waals surface area (Å²) in [6, 6.07) is 8.79. The quantitative estimate of drug-likeness (QED) is 0.423. The SMILES string of the molecule is O=C(O)/C(=C/[C@H](O)[C@@H](O)[C@@H](O)CO)Cc1ccccc1. The minimum Gasteiger partial charge on any atom is -0.478 e. The maximum Gasteiger partial charge on any atom is 0.331 e. The Kier molecular flexibility index (Phi) is 6.33. The van der Waals surface area contributed by atoms with Crippen molar-refractivity contribution in [2.75, 3.05) is 6.61 Å². The van der Waals surface area contributed by atoms with E-state index in [2.05, 4.69) is 0 Å². The molecular weight excluding hydrogens is 264 g/mol. The van der Waals surface area contributed by atoms with Crippen molar-refractivity contribution in [3.63, 3.8) is 0 Å². The Labute approximate surface area is 116 Å². The Bertz CT molecular complexity index is 456. The molecular formula is C14H18O6. The van der Waals surface area contributed by atoms with Crippen molar-refractivity contribution >= 4 is 5.97 Å². The molecule has 6 heteroatoms. The molecule has 0 radical (unpaired) electrons. The average Bonchev–Trinajstić information content (AvgIpc) is 2.45. The number of aliphatic hydroxyl groups is 4. The number of aliphatic carboxylic acids is 1. The third-order valence-electron chi connectivity index (χ3n) is 2.82. The summed E-state index contributed by atoms with van der Waals surface area (Å²) >= 11 is 0. The fourth-order valence-electron chi connectivity index (χ4n) is 1.66. The Morgan fingerprint density at radius 3 is 2.25 bits per heavy atom. The number of benzene rings is 1. The monoisotopic (exact) mass is 282 g/mol. The molecule has 0 aliphatic rings. The highest BCUT2D eigenvalue weighted by molar-refractivity contribution is 5.87. The maximum absolute atomic E-state index is 11.1. The zero-order valence-corrected chi connectivity index (χ0v) is 10.8. The number of rotatable bonds is 7. The summed E-state index contributed by atoms with van der Waals surface area (Å²) in [6.45, 7) is -0.729. The fourth-order valence-corrected chi connectivity index (χ4v) is 1.66. The van der Waals surface area contributed by atoms with E-state index in [1.54, 1.807) is 30.3 Å². The van der Waals surface area contributed by atoms with Crippen molar-refractivity contribution in [3.8, 4) is 0 Å². The highest BCUT2D eigenvalue weighted by Crippen LogP contribution is 2.11. The summed E-state index contributed by atoms with van der Waals surface area (Å²) in [5.41, 5.74) is 0.637. The molecule has 0 saturated carbocycles. The predicted octanol–water partition coefficient (Wildman–Crippen LogP) is -0.685. The summed E-state index contributed by atoms with van der Waals surface area (Å²) in [4.78, 5) is 11.1. The van der Waals surface area contributed by atoms with Crippen LogP contribution in [0.3, 0.4) is 0 Å². The Hall–Kier alpha value is -1.73. The molecule has 0 spiro atoms. The average molecular weight is 282 g/mol. The van der Waals surface area contributed by atoms with Crippen LogP contribution in [-0.2, 0) is 11.2 Å². The first-order valence-electron chi connectivity index (χ1n) is 6.08. The normalized spacial score (nSPS) is 16.5. The van der Waals surface area contributed by atoms with E-state index < -0.39 is 30.9 Å². The lowest BCUT2D eigenvalue weighted by Crippen LogP contribution is -2.38. The fraction of sp³-hybridized carbons (Fsp3) is 0.357. The van der Waals surface area contributed by atoms with Gasteiger partial charge in [0, 0.05) is 12.0 Å². The van der Waals surface area contributed by atoms with Gasteiger partial charge < -0.3 is 25.5 Å². The van der Waals surface area contributed by atoms with Gasteiger partial charge in [0.2, 0.25) is 0 Å². The van der Waals surface area contributed by atoms with Crippen LogP contribution in [0.25, 0.3) is 0 Å². The maximum atomic E-state index is 11.1. The third kappa shape index (κ3) is 4.75. The summed E-state index contributed by atoms with van der Waals surface area (Å²) in [5.74, 6) is -1.22. The Balaban J connectivity index is 2.85. The van der Waals surface area contributed by atoms with E-state index in [0.717, 1.165) is 11.6 Å². The molecule has 3 atom stereocenters. The van der Waals surface area contributed by atoms with Gasteiger partial charge in [0.05, 0.1) is 6.61 Å². The van der Waals surface area contributed by atoms with Gasteiger partial charge in [0.15, 0.2) is 0 Å². The summed E-state index contributed by atoms with van der Waals surface area (Å²) in [5, 5.41) is 46.1. The molecule has 0 fully saturated rings. The highest BCUT2D eigenvalue weighted by Gasteiger charge is 2.24. The lowest BCUT2D eigenvalue weighted by molar-refractivity contribution is -0.132. The largest absolute Gasteiger partial charge is 0.478 e. The van der Waals surface area contributed by atoms with E-state index in [1.165, 1.54) is 0 Å². The second kappa shape index (κ2) is 7.76. The first-order chi connectivity index (χ1) is 9.45. The van der Waals surface area contributed by atoms with Gasteiger partial charge in [-0.3, -0.25) is 0 Å². The van der Waals surface area contributed by atoms with Crippen molar-refractivity contribution < 1.29 is 30.3 Å². The predicted molar refractivity (Wildman–Crippen MR) is 71.0 cm³/mol. The van der Waals surface area contributed by atoms with Crippen LogP contribution in [0.4, 0.5) is 0 Å². The number of hydrogen-bond acceptors (Lipinski definition) is 5. The molecule has 20 heavy (non-hydrogen) atoms. The standard InChI is InChI=1S/C14H18O6/c15-8-12(17)13(18)11(16)7-10(14(19)20)6-9-4-2-1-3-5-9/h1-5,7,11-13,15-18H,6,8H2,(H,19,20)/b10-7+/t11-,12-,13+/m0/s1. The van der Waals surface area contributed by atoms with Crippen molar-refractivity contribution in [3.05, 3.63) is 47.5 Å². The molecule has 0 aliphatic heterocycles. The van der Waals surface area contributed by atoms with E-state index in [0.29, 0.717) is 0 Å². The second-order valence-electron chi connectivity index (χ2n) is 4.39. The van der Waals surface area contributed by atoms with Gasteiger partial charge in [-0.1, -0.05) is 30.3 Å². The number of carboxylic acid groups (broad SMARTS) is 1. The second-order valence-corrected chi connectivity index (χ2v) is 4.39. The van der Waals surface area contributed by atoms with E-state index in [-0.39, 0.29) is 12.0 Å². The number of carbonyl (C=O) groups is 1. The molecule has 0 aliphatic carbocycles. The molecule has 0 aromatic heterocycles. The number of hydrogen-bond donors (Lipinski definition) is 5. The van der Waals surface area contributed by atoms with Crippen LogP contribution < -0.4 is 0 Å². The minimum absolute atomic E-state index is 0.0785. The van der Waals surface area contributed by atoms with Crippen LogP contribution in [0, 0.1) is 0 Å². The molecule has 0 unspecified atom stereocenters. The smallest absolute Gasteiger partial charge is 0.331 e. The summed E-state index contributed by atoms with van der Waals surface area (Å²) in [6.07, 6.45) is -3.71. The summed E-state index contributed by atoms with van der Waals surface area (Å²) in [7, 11) is 0. The first kappa shape index (κ1) is 16.3. The molecule has 0 bridgehead atoms. The van der Waals surface area contributed by atoms with Crippen LogP contribution in [0.2, 0.25) is 0 Å². The molecule has 1 aromatic rings. The van der Waals surface area contributed by atoms with E-state index in [4.69, 9.17) is 10.2 Å². The van der Waals surface area contributed by atoms with E-state index >= 15 is 0 Å². The molecule has 0 amide bonds. The van der Waals surface area contributed by atoms with Gasteiger partial charge in [-0.2, -0.15) is 0 Å². The first-order valence-corrected chi connectivity index (χ1v) is 6.08. The Morgan fingerprint density at radius 1 is 1.15 bits per heavy atom. The summed E-state index contributed by atoms with van der Waals surface area (Å²) < 4.78 is 0. The van der Waals surface area contributed by atoms with Gasteiger partial charge in [0.1, 0.15) is 18.3 Å². The number of carboxylic acids is 1. The van der Waals surface area contributed by atoms with E-state index in [1.807, 2.05) is 0 Å². The van der Waals surface area contributed by atoms with Crippen LogP contribution in [0.15, 0.2) is 42.0 Å². The van der Waals surface area contributed by atoms with Gasteiger partial charge in [-0.15, -0.1) is 0 Å². The Morgan fingerprint density at radius 2 is 1.75 bits per heavy atom. The molecule has 0 saturated heterocycles. The highest BCUT2D eigenvalue weighted by atomic mass is 16.4. The van der Waals surface area contributed by atoms with Gasteiger partial charge >= 0.3 is 5.97 Å². The lowest BCUT2D eigenvalue weighted by atomic mass is 10.0. The molecule has 5 N–H and O–H groups in total. The van der Waals surface area contributed by atoms with E-state index in [9.17, 15) is 20.1 Å².